The molecule has 4 nitrogen and oxygen atoms in total. The first kappa shape index (κ1) is 19.1. The Kier molecular flexibility index (Phi) is 6.43. The fraction of sp³-hybridized carbons (Fsp3) is 0.571. The molecular weight excluding hydrogens is 331 g/mol. The number of likely N-dealkylation sites (tertiary alicyclic amines) is 2. The zero-order valence-corrected chi connectivity index (χ0v) is 15.4. The molecule has 26 heavy (non-hydrogen) atoms. The third-order valence-corrected chi connectivity index (χ3v) is 5.62. The van der Waals surface area contributed by atoms with Gasteiger partial charge in [-0.2, -0.15) is 0 Å². The average molecular weight is 360 g/mol. The van der Waals surface area contributed by atoms with Gasteiger partial charge in [0.15, 0.2) is 0 Å². The van der Waals surface area contributed by atoms with Crippen LogP contribution in [0, 0.1) is 11.2 Å². The van der Waals surface area contributed by atoms with Gasteiger partial charge in [-0.15, -0.1) is 0 Å². The van der Waals surface area contributed by atoms with E-state index in [1.807, 2.05) is 11.0 Å². The number of nitrogens with zero attached hydrogens (tertiary/aromatic N) is 2. The second-order valence-electron chi connectivity index (χ2n) is 7.69. The Morgan fingerprint density at radius 1 is 1.19 bits per heavy atom. The smallest absolute Gasteiger partial charge is 0.222 e. The molecule has 0 radical (unpaired) electrons. The number of hydrogen-bond donors (Lipinski definition) is 1. The van der Waals surface area contributed by atoms with Crippen molar-refractivity contribution in [3.8, 4) is 0 Å². The molecule has 3 rings (SSSR count). The number of carbonyl (C=O) groups excluding carboxylic acids is 1. The van der Waals surface area contributed by atoms with Crippen LogP contribution in [-0.2, 0) is 4.79 Å². The lowest BCUT2D eigenvalue weighted by molar-refractivity contribution is -0.139. The van der Waals surface area contributed by atoms with Crippen molar-refractivity contribution in [2.75, 3.05) is 39.3 Å². The highest BCUT2D eigenvalue weighted by Crippen LogP contribution is 2.38. The van der Waals surface area contributed by atoms with Gasteiger partial charge in [-0.05, 0) is 49.9 Å². The van der Waals surface area contributed by atoms with Crippen LogP contribution in [0.25, 0.3) is 6.08 Å². The Labute approximate surface area is 155 Å². The zero-order valence-electron chi connectivity index (χ0n) is 15.4. The third-order valence-electron chi connectivity index (χ3n) is 5.62. The molecule has 2 aliphatic rings. The van der Waals surface area contributed by atoms with Gasteiger partial charge in [0.25, 0.3) is 0 Å². The SMILES string of the molecule is O=C1CC[C@]2(CCCN(C/C=C/c3ccc(F)cc3)C2)CN1CCCO. The first-order chi connectivity index (χ1) is 12.6. The molecule has 2 aliphatic heterocycles. The quantitative estimate of drug-likeness (QED) is 0.848. The maximum absolute atomic E-state index is 13.0. The van der Waals surface area contributed by atoms with Crippen LogP contribution >= 0.6 is 0 Å². The number of hydrogen-bond acceptors (Lipinski definition) is 3. The van der Waals surface area contributed by atoms with Gasteiger partial charge in [0.1, 0.15) is 5.82 Å². The largest absolute Gasteiger partial charge is 0.396 e. The summed E-state index contributed by atoms with van der Waals surface area (Å²) in [4.78, 5) is 16.6. The number of rotatable bonds is 6. The summed E-state index contributed by atoms with van der Waals surface area (Å²) in [7, 11) is 0. The number of carbonyl (C=O) groups is 1. The van der Waals surface area contributed by atoms with E-state index in [9.17, 15) is 9.18 Å². The normalized spacial score (nSPS) is 24.7. The van der Waals surface area contributed by atoms with Crippen molar-refractivity contribution >= 4 is 12.0 Å². The lowest BCUT2D eigenvalue weighted by Gasteiger charge is -2.48. The van der Waals surface area contributed by atoms with E-state index in [-0.39, 0.29) is 23.7 Å². The second-order valence-corrected chi connectivity index (χ2v) is 7.69. The van der Waals surface area contributed by atoms with Crippen LogP contribution < -0.4 is 0 Å². The Bertz CT molecular complexity index is 631. The van der Waals surface area contributed by atoms with E-state index in [1.165, 1.54) is 18.6 Å². The summed E-state index contributed by atoms with van der Waals surface area (Å²) in [5, 5.41) is 9.06. The highest BCUT2D eigenvalue weighted by atomic mass is 19.1. The van der Waals surface area contributed by atoms with Crippen LogP contribution in [0.4, 0.5) is 4.39 Å². The van der Waals surface area contributed by atoms with Gasteiger partial charge in [0, 0.05) is 44.6 Å². The van der Waals surface area contributed by atoms with Gasteiger partial charge in [0.2, 0.25) is 5.91 Å². The van der Waals surface area contributed by atoms with Gasteiger partial charge in [-0.25, -0.2) is 4.39 Å². The molecule has 1 N–H and O–H groups in total. The van der Waals surface area contributed by atoms with E-state index in [4.69, 9.17) is 5.11 Å². The number of halogens is 1. The van der Waals surface area contributed by atoms with E-state index in [1.54, 1.807) is 12.1 Å². The van der Waals surface area contributed by atoms with Crippen LogP contribution in [0.3, 0.4) is 0 Å². The fourth-order valence-electron chi connectivity index (χ4n) is 4.28. The van der Waals surface area contributed by atoms with Crippen molar-refractivity contribution in [3.63, 3.8) is 0 Å². The standard InChI is InChI=1S/C21H29FN2O2/c22-19-7-5-18(6-8-19)4-1-12-23-13-2-10-21(16-23)11-9-20(26)24(17-21)14-3-15-25/h1,4-8,25H,2-3,9-17H2/b4-1+/t21-/m0/s1. The minimum Gasteiger partial charge on any atom is -0.396 e. The minimum absolute atomic E-state index is 0.136. The monoisotopic (exact) mass is 360 g/mol. The van der Waals surface area contributed by atoms with E-state index < -0.39 is 0 Å². The molecule has 2 fully saturated rings. The molecule has 0 bridgehead atoms. The van der Waals surface area contributed by atoms with E-state index in [0.717, 1.165) is 44.6 Å². The summed E-state index contributed by atoms with van der Waals surface area (Å²) in [6, 6.07) is 6.54. The first-order valence-electron chi connectivity index (χ1n) is 9.63. The average Bonchev–Trinajstić information content (AvgIpc) is 2.65. The number of benzene rings is 1. The summed E-state index contributed by atoms with van der Waals surface area (Å²) < 4.78 is 13.0. The maximum atomic E-state index is 13.0. The highest BCUT2D eigenvalue weighted by molar-refractivity contribution is 5.77. The molecule has 142 valence electrons. The summed E-state index contributed by atoms with van der Waals surface area (Å²) in [6.45, 7) is 4.61. The minimum atomic E-state index is -0.210. The van der Waals surface area contributed by atoms with Crippen LogP contribution in [0.15, 0.2) is 30.3 Å². The van der Waals surface area contributed by atoms with Gasteiger partial charge in [-0.3, -0.25) is 9.69 Å². The molecule has 5 heteroatoms. The topological polar surface area (TPSA) is 43.8 Å². The maximum Gasteiger partial charge on any atom is 0.222 e. The zero-order chi connectivity index (χ0) is 18.4. The number of amides is 1. The molecule has 1 amide bonds. The molecule has 0 aromatic heterocycles. The Hall–Kier alpha value is -1.72. The number of aliphatic hydroxyl groups excluding tert-OH is 1. The summed E-state index contributed by atoms with van der Waals surface area (Å²) >= 11 is 0. The van der Waals surface area contributed by atoms with E-state index >= 15 is 0 Å². The molecule has 1 spiro atoms. The Morgan fingerprint density at radius 3 is 2.77 bits per heavy atom. The van der Waals surface area contributed by atoms with Crippen molar-refractivity contribution in [2.24, 2.45) is 5.41 Å². The third kappa shape index (κ3) is 4.92. The Balaban J connectivity index is 1.56. The number of piperidine rings is 2. The highest BCUT2D eigenvalue weighted by Gasteiger charge is 2.41. The van der Waals surface area contributed by atoms with Gasteiger partial charge in [0.05, 0.1) is 0 Å². The van der Waals surface area contributed by atoms with Crippen molar-refractivity contribution in [1.29, 1.82) is 0 Å². The van der Waals surface area contributed by atoms with Crippen LogP contribution in [0.5, 0.6) is 0 Å². The molecule has 1 aromatic carbocycles. The van der Waals surface area contributed by atoms with Crippen molar-refractivity contribution in [3.05, 3.63) is 41.7 Å². The lowest BCUT2D eigenvalue weighted by Crippen LogP contribution is -2.54. The molecule has 0 unspecified atom stereocenters. The van der Waals surface area contributed by atoms with E-state index in [0.29, 0.717) is 19.4 Å². The van der Waals surface area contributed by atoms with Gasteiger partial charge < -0.3 is 10.0 Å². The van der Waals surface area contributed by atoms with Gasteiger partial charge in [-0.1, -0.05) is 24.3 Å². The predicted molar refractivity (Wildman–Crippen MR) is 101 cm³/mol. The molecule has 1 aromatic rings. The molecule has 0 saturated carbocycles. The molecule has 1 atom stereocenters. The van der Waals surface area contributed by atoms with Crippen LogP contribution in [0.1, 0.15) is 37.7 Å². The second kappa shape index (κ2) is 8.78. The lowest BCUT2D eigenvalue weighted by atomic mass is 9.73. The van der Waals surface area contributed by atoms with Crippen LogP contribution in [-0.4, -0.2) is 60.1 Å². The molecule has 2 heterocycles. The number of aliphatic hydroxyl groups is 1. The molecular formula is C21H29FN2O2. The Morgan fingerprint density at radius 2 is 2.00 bits per heavy atom. The van der Waals surface area contributed by atoms with Crippen molar-refractivity contribution in [2.45, 2.75) is 32.1 Å². The molecule has 2 saturated heterocycles. The summed E-state index contributed by atoms with van der Waals surface area (Å²) in [5.41, 5.74) is 1.21. The van der Waals surface area contributed by atoms with Crippen LogP contribution in [0.2, 0.25) is 0 Å². The van der Waals surface area contributed by atoms with Crippen molar-refractivity contribution in [1.82, 2.24) is 9.80 Å². The summed E-state index contributed by atoms with van der Waals surface area (Å²) in [5.74, 6) is 0.0233. The summed E-state index contributed by atoms with van der Waals surface area (Å²) in [6.07, 6.45) is 8.78. The predicted octanol–water partition coefficient (Wildman–Crippen LogP) is 2.93. The first-order valence-corrected chi connectivity index (χ1v) is 9.63. The van der Waals surface area contributed by atoms with Gasteiger partial charge >= 0.3 is 0 Å². The fourth-order valence-corrected chi connectivity index (χ4v) is 4.28. The van der Waals surface area contributed by atoms with Crippen molar-refractivity contribution < 1.29 is 14.3 Å². The van der Waals surface area contributed by atoms with E-state index in [2.05, 4.69) is 11.0 Å². The molecule has 0 aliphatic carbocycles.